The van der Waals surface area contributed by atoms with Gasteiger partial charge in [0.1, 0.15) is 0 Å². The van der Waals surface area contributed by atoms with Gasteiger partial charge in [-0.15, -0.1) is 0 Å². The van der Waals surface area contributed by atoms with Gasteiger partial charge in [-0.1, -0.05) is 0 Å². The molecule has 0 aromatic heterocycles. The van der Waals surface area contributed by atoms with Gasteiger partial charge in [0.05, 0.1) is 0 Å². The fraction of sp³-hybridized carbons (Fsp3) is 0.800. The van der Waals surface area contributed by atoms with Crippen LogP contribution < -0.4 is 11.1 Å². The zero-order valence-electron chi connectivity index (χ0n) is 9.16. The first-order chi connectivity index (χ1) is 7.19. The van der Waals surface area contributed by atoms with Gasteiger partial charge in [-0.2, -0.15) is 0 Å². The summed E-state index contributed by atoms with van der Waals surface area (Å²) in [7, 11) is 1.65. The maximum atomic E-state index is 11.5. The molecule has 0 saturated carbocycles. The smallest absolute Gasteiger partial charge is 0.223 e. The van der Waals surface area contributed by atoms with Crippen molar-refractivity contribution < 1.29 is 9.59 Å². The van der Waals surface area contributed by atoms with Crippen molar-refractivity contribution in [1.82, 2.24) is 10.2 Å². The van der Waals surface area contributed by atoms with Crippen LogP contribution in [0.2, 0.25) is 0 Å². The number of nitrogens with two attached hydrogens (primary N) is 1. The second kappa shape index (κ2) is 5.70. The molecule has 15 heavy (non-hydrogen) atoms. The standard InChI is InChI=1S/C10H19N3O2/c1-12-10(15)8-3-6-13(7-4-8)9(14)2-5-11/h8H,2-7,11H2,1H3,(H,12,15). The summed E-state index contributed by atoms with van der Waals surface area (Å²) in [4.78, 5) is 24.6. The van der Waals surface area contributed by atoms with Crippen LogP contribution >= 0.6 is 0 Å². The van der Waals surface area contributed by atoms with Crippen molar-refractivity contribution in [1.29, 1.82) is 0 Å². The highest BCUT2D eigenvalue weighted by molar-refractivity contribution is 5.79. The van der Waals surface area contributed by atoms with Gasteiger partial charge >= 0.3 is 0 Å². The number of amides is 2. The van der Waals surface area contributed by atoms with Crippen molar-refractivity contribution in [2.75, 3.05) is 26.7 Å². The predicted octanol–water partition coefficient (Wildman–Crippen LogP) is -0.680. The number of carbonyl (C=O) groups excluding carboxylic acids is 2. The Labute approximate surface area is 90.0 Å². The van der Waals surface area contributed by atoms with Crippen LogP contribution in [0.1, 0.15) is 19.3 Å². The summed E-state index contributed by atoms with van der Waals surface area (Å²) < 4.78 is 0. The van der Waals surface area contributed by atoms with Crippen LogP contribution in [0.3, 0.4) is 0 Å². The highest BCUT2D eigenvalue weighted by Gasteiger charge is 2.25. The number of piperidine rings is 1. The Morgan fingerprint density at radius 2 is 2.00 bits per heavy atom. The molecule has 86 valence electrons. The maximum absolute atomic E-state index is 11.5. The number of nitrogens with one attached hydrogen (secondary N) is 1. The van der Waals surface area contributed by atoms with Crippen molar-refractivity contribution in [2.24, 2.45) is 11.7 Å². The second-order valence-corrected chi connectivity index (χ2v) is 3.81. The normalized spacial score (nSPS) is 17.6. The first-order valence-corrected chi connectivity index (χ1v) is 5.38. The zero-order chi connectivity index (χ0) is 11.3. The van der Waals surface area contributed by atoms with Gasteiger partial charge in [0.15, 0.2) is 0 Å². The third-order valence-electron chi connectivity index (χ3n) is 2.82. The highest BCUT2D eigenvalue weighted by Crippen LogP contribution is 2.17. The van der Waals surface area contributed by atoms with E-state index in [1.54, 1.807) is 11.9 Å². The fourth-order valence-corrected chi connectivity index (χ4v) is 1.88. The molecule has 0 aromatic rings. The van der Waals surface area contributed by atoms with Crippen molar-refractivity contribution >= 4 is 11.8 Å². The molecule has 0 bridgehead atoms. The van der Waals surface area contributed by atoms with E-state index < -0.39 is 0 Å². The van der Waals surface area contributed by atoms with Gasteiger partial charge in [0.2, 0.25) is 11.8 Å². The van der Waals surface area contributed by atoms with E-state index >= 15 is 0 Å². The molecule has 0 unspecified atom stereocenters. The molecule has 1 aliphatic rings. The first kappa shape index (κ1) is 12.0. The van der Waals surface area contributed by atoms with Gasteiger partial charge in [-0.25, -0.2) is 0 Å². The lowest BCUT2D eigenvalue weighted by molar-refractivity contribution is -0.135. The van der Waals surface area contributed by atoms with E-state index in [1.807, 2.05) is 0 Å². The van der Waals surface area contributed by atoms with Gasteiger partial charge < -0.3 is 16.0 Å². The second-order valence-electron chi connectivity index (χ2n) is 3.81. The number of carbonyl (C=O) groups is 2. The average Bonchev–Trinajstić information content (AvgIpc) is 2.28. The molecule has 0 radical (unpaired) electrons. The van der Waals surface area contributed by atoms with E-state index in [9.17, 15) is 9.59 Å². The van der Waals surface area contributed by atoms with Crippen LogP contribution in [-0.4, -0.2) is 43.4 Å². The Bertz CT molecular complexity index is 235. The van der Waals surface area contributed by atoms with Crippen LogP contribution in [0.4, 0.5) is 0 Å². The number of hydrogen-bond acceptors (Lipinski definition) is 3. The summed E-state index contributed by atoms with van der Waals surface area (Å²) in [5, 5.41) is 2.64. The lowest BCUT2D eigenvalue weighted by Crippen LogP contribution is -2.42. The monoisotopic (exact) mass is 213 g/mol. The molecule has 1 aliphatic heterocycles. The van der Waals surface area contributed by atoms with Crippen molar-refractivity contribution in [3.05, 3.63) is 0 Å². The Kier molecular flexibility index (Phi) is 4.55. The summed E-state index contributed by atoms with van der Waals surface area (Å²) in [6, 6.07) is 0. The lowest BCUT2D eigenvalue weighted by atomic mass is 9.96. The third-order valence-corrected chi connectivity index (χ3v) is 2.82. The van der Waals surface area contributed by atoms with Gasteiger partial charge in [-0.05, 0) is 12.8 Å². The third kappa shape index (κ3) is 3.20. The van der Waals surface area contributed by atoms with E-state index in [4.69, 9.17) is 5.73 Å². The predicted molar refractivity (Wildman–Crippen MR) is 57.0 cm³/mol. The molecule has 1 fully saturated rings. The number of likely N-dealkylation sites (tertiary alicyclic amines) is 1. The van der Waals surface area contributed by atoms with E-state index in [1.165, 1.54) is 0 Å². The summed E-state index contributed by atoms with van der Waals surface area (Å²) in [5.74, 6) is 0.255. The van der Waals surface area contributed by atoms with Gasteiger partial charge in [-0.3, -0.25) is 9.59 Å². The summed E-state index contributed by atoms with van der Waals surface area (Å²) >= 11 is 0. The van der Waals surface area contributed by atoms with Crippen molar-refractivity contribution in [2.45, 2.75) is 19.3 Å². The minimum Gasteiger partial charge on any atom is -0.359 e. The number of hydrogen-bond donors (Lipinski definition) is 2. The topological polar surface area (TPSA) is 75.4 Å². The van der Waals surface area contributed by atoms with Crippen LogP contribution in [0.25, 0.3) is 0 Å². The molecular formula is C10H19N3O2. The minimum absolute atomic E-state index is 0.0666. The van der Waals surface area contributed by atoms with Gasteiger partial charge in [0.25, 0.3) is 0 Å². The Morgan fingerprint density at radius 3 is 2.47 bits per heavy atom. The lowest BCUT2D eigenvalue weighted by Gasteiger charge is -2.31. The molecule has 0 atom stereocenters. The highest BCUT2D eigenvalue weighted by atomic mass is 16.2. The molecule has 1 saturated heterocycles. The fourth-order valence-electron chi connectivity index (χ4n) is 1.88. The molecule has 1 rings (SSSR count). The van der Waals surface area contributed by atoms with E-state index in [0.717, 1.165) is 12.8 Å². The number of rotatable bonds is 3. The van der Waals surface area contributed by atoms with E-state index in [0.29, 0.717) is 26.1 Å². The molecular weight excluding hydrogens is 194 g/mol. The Hall–Kier alpha value is -1.10. The van der Waals surface area contributed by atoms with Gasteiger partial charge in [0, 0.05) is 39.0 Å². The molecule has 5 nitrogen and oxygen atoms in total. The van der Waals surface area contributed by atoms with Crippen molar-refractivity contribution in [3.8, 4) is 0 Å². The average molecular weight is 213 g/mol. The Morgan fingerprint density at radius 1 is 1.40 bits per heavy atom. The summed E-state index contributed by atoms with van der Waals surface area (Å²) in [5.41, 5.74) is 5.32. The van der Waals surface area contributed by atoms with Crippen LogP contribution in [0.15, 0.2) is 0 Å². The van der Waals surface area contributed by atoms with Crippen LogP contribution in [0.5, 0.6) is 0 Å². The SMILES string of the molecule is CNC(=O)C1CCN(C(=O)CCN)CC1. The quantitative estimate of drug-likeness (QED) is 0.652. The molecule has 0 aromatic carbocycles. The number of nitrogens with zero attached hydrogens (tertiary/aromatic N) is 1. The maximum Gasteiger partial charge on any atom is 0.223 e. The van der Waals surface area contributed by atoms with Crippen LogP contribution in [-0.2, 0) is 9.59 Å². The van der Waals surface area contributed by atoms with E-state index in [2.05, 4.69) is 5.32 Å². The Balaban J connectivity index is 2.35. The largest absolute Gasteiger partial charge is 0.359 e. The zero-order valence-corrected chi connectivity index (χ0v) is 9.16. The summed E-state index contributed by atoms with van der Waals surface area (Å²) in [6.45, 7) is 1.75. The minimum atomic E-state index is 0.0666. The summed E-state index contributed by atoms with van der Waals surface area (Å²) in [6.07, 6.45) is 1.93. The molecule has 0 spiro atoms. The molecule has 2 amide bonds. The molecule has 5 heteroatoms. The van der Waals surface area contributed by atoms with Crippen molar-refractivity contribution in [3.63, 3.8) is 0 Å². The molecule has 3 N–H and O–H groups in total. The molecule has 0 aliphatic carbocycles. The molecule has 1 heterocycles. The van der Waals surface area contributed by atoms with E-state index in [-0.39, 0.29) is 17.7 Å². The van der Waals surface area contributed by atoms with Crippen LogP contribution in [0, 0.1) is 5.92 Å². The first-order valence-electron chi connectivity index (χ1n) is 5.38.